The van der Waals surface area contributed by atoms with Crippen molar-refractivity contribution in [3.8, 4) is 11.5 Å². The Morgan fingerprint density at radius 1 is 1.24 bits per heavy atom. The molecule has 1 aliphatic carbocycles. The molecule has 0 aromatic heterocycles. The van der Waals surface area contributed by atoms with Crippen molar-refractivity contribution in [3.05, 3.63) is 23.3 Å². The summed E-state index contributed by atoms with van der Waals surface area (Å²) in [6.07, 6.45) is 3.70. The summed E-state index contributed by atoms with van der Waals surface area (Å²) >= 11 is 0. The van der Waals surface area contributed by atoms with E-state index in [0.717, 1.165) is 31.1 Å². The molecule has 1 aromatic carbocycles. The first-order valence-corrected chi connectivity index (χ1v) is 5.87. The van der Waals surface area contributed by atoms with Gasteiger partial charge in [0.1, 0.15) is 13.2 Å². The maximum atomic E-state index is 10.9. The molecule has 0 spiro atoms. The molecule has 0 radical (unpaired) electrons. The van der Waals surface area contributed by atoms with Gasteiger partial charge in [0.15, 0.2) is 17.8 Å². The molecule has 4 nitrogen and oxygen atoms in total. The predicted octanol–water partition coefficient (Wildman–Crippen LogP) is 1.30. The highest BCUT2D eigenvalue weighted by Gasteiger charge is 2.39. The van der Waals surface area contributed by atoms with Gasteiger partial charge in [-0.25, -0.2) is 0 Å². The zero-order valence-electron chi connectivity index (χ0n) is 9.57. The van der Waals surface area contributed by atoms with Gasteiger partial charge in [-0.3, -0.25) is 4.79 Å². The van der Waals surface area contributed by atoms with Gasteiger partial charge in [-0.05, 0) is 30.9 Å². The molecule has 0 unspecified atom stereocenters. The molecule has 0 atom stereocenters. The minimum atomic E-state index is -0.0722. The highest BCUT2D eigenvalue weighted by atomic mass is 16.6. The van der Waals surface area contributed by atoms with Gasteiger partial charge in [0.25, 0.3) is 0 Å². The molecule has 2 aliphatic rings. The van der Waals surface area contributed by atoms with E-state index in [2.05, 4.69) is 0 Å². The second kappa shape index (κ2) is 3.74. The standard InChI is InChI=1S/C13H15NO3/c14-13(3-4-13)7-9-1-2-10(8-15)12-11(9)16-5-6-17-12/h1-2,8H,3-7,14H2. The Kier molecular flexibility index (Phi) is 2.33. The van der Waals surface area contributed by atoms with Crippen LogP contribution in [0.4, 0.5) is 0 Å². The van der Waals surface area contributed by atoms with Crippen molar-refractivity contribution >= 4 is 6.29 Å². The van der Waals surface area contributed by atoms with Gasteiger partial charge in [0.05, 0.1) is 5.56 Å². The number of benzene rings is 1. The van der Waals surface area contributed by atoms with Crippen molar-refractivity contribution in [2.45, 2.75) is 24.8 Å². The fourth-order valence-electron chi connectivity index (χ4n) is 2.16. The Bertz CT molecular complexity index is 466. The Labute approximate surface area is 99.7 Å². The molecule has 3 rings (SSSR count). The van der Waals surface area contributed by atoms with Crippen LogP contribution in [-0.4, -0.2) is 25.0 Å². The number of hydrogen-bond donors (Lipinski definition) is 1. The van der Waals surface area contributed by atoms with Gasteiger partial charge < -0.3 is 15.2 Å². The van der Waals surface area contributed by atoms with Crippen LogP contribution in [-0.2, 0) is 6.42 Å². The van der Waals surface area contributed by atoms with Crippen LogP contribution >= 0.6 is 0 Å². The minimum absolute atomic E-state index is 0.0722. The van der Waals surface area contributed by atoms with Gasteiger partial charge in [0, 0.05) is 5.54 Å². The smallest absolute Gasteiger partial charge is 0.172 e. The highest BCUT2D eigenvalue weighted by molar-refractivity contribution is 5.82. The molecule has 1 aliphatic heterocycles. The topological polar surface area (TPSA) is 61.6 Å². The van der Waals surface area contributed by atoms with E-state index in [1.54, 1.807) is 6.07 Å². The number of ether oxygens (including phenoxy) is 2. The predicted molar refractivity (Wildman–Crippen MR) is 62.7 cm³/mol. The number of carbonyl (C=O) groups is 1. The molecular weight excluding hydrogens is 218 g/mol. The summed E-state index contributed by atoms with van der Waals surface area (Å²) in [5, 5.41) is 0. The van der Waals surface area contributed by atoms with Gasteiger partial charge in [0.2, 0.25) is 0 Å². The van der Waals surface area contributed by atoms with Gasteiger partial charge in [-0.2, -0.15) is 0 Å². The average molecular weight is 233 g/mol. The molecule has 1 saturated carbocycles. The lowest BCUT2D eigenvalue weighted by molar-refractivity contribution is 0.111. The largest absolute Gasteiger partial charge is 0.486 e. The second-order valence-electron chi connectivity index (χ2n) is 4.83. The maximum Gasteiger partial charge on any atom is 0.172 e. The van der Waals surface area contributed by atoms with E-state index in [9.17, 15) is 4.79 Å². The third-order valence-corrected chi connectivity index (χ3v) is 3.36. The zero-order valence-corrected chi connectivity index (χ0v) is 9.57. The molecule has 0 bridgehead atoms. The number of fused-ring (bicyclic) bond motifs is 1. The zero-order chi connectivity index (χ0) is 11.9. The van der Waals surface area contributed by atoms with Crippen molar-refractivity contribution in [2.24, 2.45) is 5.73 Å². The van der Waals surface area contributed by atoms with E-state index >= 15 is 0 Å². The lowest BCUT2D eigenvalue weighted by Gasteiger charge is -2.23. The van der Waals surface area contributed by atoms with Crippen molar-refractivity contribution in [1.82, 2.24) is 0 Å². The van der Waals surface area contributed by atoms with Crippen LogP contribution in [0.3, 0.4) is 0 Å². The van der Waals surface area contributed by atoms with Crippen LogP contribution in [0.15, 0.2) is 12.1 Å². The molecule has 0 amide bonds. The summed E-state index contributed by atoms with van der Waals surface area (Å²) in [6.45, 7) is 1.02. The molecule has 17 heavy (non-hydrogen) atoms. The van der Waals surface area contributed by atoms with Gasteiger partial charge in [-0.1, -0.05) is 6.07 Å². The Morgan fingerprint density at radius 2 is 1.94 bits per heavy atom. The summed E-state index contributed by atoms with van der Waals surface area (Å²) in [5.74, 6) is 1.28. The number of nitrogens with two attached hydrogens (primary N) is 1. The van der Waals surface area contributed by atoms with Crippen LogP contribution in [0.25, 0.3) is 0 Å². The summed E-state index contributed by atoms with van der Waals surface area (Å²) < 4.78 is 11.2. The quantitative estimate of drug-likeness (QED) is 0.799. The maximum absolute atomic E-state index is 10.9. The Balaban J connectivity index is 2.01. The number of carbonyl (C=O) groups excluding carboxylic acids is 1. The van der Waals surface area contributed by atoms with Gasteiger partial charge >= 0.3 is 0 Å². The molecule has 2 N–H and O–H groups in total. The number of aldehydes is 1. The molecular formula is C13H15NO3. The van der Waals surface area contributed by atoms with Crippen molar-refractivity contribution in [3.63, 3.8) is 0 Å². The van der Waals surface area contributed by atoms with Crippen LogP contribution in [0.2, 0.25) is 0 Å². The van der Waals surface area contributed by atoms with E-state index in [-0.39, 0.29) is 5.54 Å². The first-order valence-electron chi connectivity index (χ1n) is 5.87. The molecule has 1 heterocycles. The lowest BCUT2D eigenvalue weighted by atomic mass is 10.0. The fourth-order valence-corrected chi connectivity index (χ4v) is 2.16. The second-order valence-corrected chi connectivity index (χ2v) is 4.83. The van der Waals surface area contributed by atoms with E-state index in [0.29, 0.717) is 30.3 Å². The molecule has 1 fully saturated rings. The van der Waals surface area contributed by atoms with Crippen molar-refractivity contribution in [2.75, 3.05) is 13.2 Å². The lowest BCUT2D eigenvalue weighted by Crippen LogP contribution is -2.26. The SMILES string of the molecule is NC1(Cc2ccc(C=O)c3c2OCCO3)CC1. The van der Waals surface area contributed by atoms with Crippen LogP contribution in [0, 0.1) is 0 Å². The summed E-state index contributed by atoms with van der Waals surface area (Å²) in [7, 11) is 0. The fraction of sp³-hybridized carbons (Fsp3) is 0.462. The molecule has 90 valence electrons. The summed E-state index contributed by atoms with van der Waals surface area (Å²) in [5.41, 5.74) is 7.64. The number of hydrogen-bond acceptors (Lipinski definition) is 4. The van der Waals surface area contributed by atoms with Crippen LogP contribution in [0.1, 0.15) is 28.8 Å². The van der Waals surface area contributed by atoms with Crippen LogP contribution < -0.4 is 15.2 Å². The van der Waals surface area contributed by atoms with Crippen molar-refractivity contribution in [1.29, 1.82) is 0 Å². The minimum Gasteiger partial charge on any atom is -0.486 e. The van der Waals surface area contributed by atoms with E-state index < -0.39 is 0 Å². The van der Waals surface area contributed by atoms with Crippen LogP contribution in [0.5, 0.6) is 11.5 Å². The Morgan fingerprint density at radius 3 is 2.59 bits per heavy atom. The summed E-state index contributed by atoms with van der Waals surface area (Å²) in [6, 6.07) is 3.70. The van der Waals surface area contributed by atoms with E-state index in [4.69, 9.17) is 15.2 Å². The molecule has 4 heteroatoms. The normalized spacial score (nSPS) is 19.8. The average Bonchev–Trinajstić information content (AvgIpc) is 3.08. The third-order valence-electron chi connectivity index (χ3n) is 3.36. The first-order chi connectivity index (χ1) is 8.22. The van der Waals surface area contributed by atoms with Gasteiger partial charge in [-0.15, -0.1) is 0 Å². The number of rotatable bonds is 3. The third kappa shape index (κ3) is 1.89. The Hall–Kier alpha value is -1.55. The molecule has 1 aromatic rings. The van der Waals surface area contributed by atoms with Crippen molar-refractivity contribution < 1.29 is 14.3 Å². The molecule has 0 saturated heterocycles. The first kappa shape index (κ1) is 10.6. The highest BCUT2D eigenvalue weighted by Crippen LogP contribution is 2.42. The van der Waals surface area contributed by atoms with E-state index in [1.165, 1.54) is 0 Å². The van der Waals surface area contributed by atoms with E-state index in [1.807, 2.05) is 6.07 Å². The summed E-state index contributed by atoms with van der Waals surface area (Å²) in [4.78, 5) is 10.9. The monoisotopic (exact) mass is 233 g/mol.